The van der Waals surface area contributed by atoms with E-state index >= 15 is 0 Å². The van der Waals surface area contributed by atoms with Crippen molar-refractivity contribution in [1.82, 2.24) is 0 Å². The van der Waals surface area contributed by atoms with Gasteiger partial charge in [-0.1, -0.05) is 12.2 Å². The van der Waals surface area contributed by atoms with E-state index in [0.717, 1.165) is 0 Å². The zero-order valence-electron chi connectivity index (χ0n) is 12.0. The van der Waals surface area contributed by atoms with Crippen LogP contribution in [0.25, 0.3) is 0 Å². The second-order valence-electron chi connectivity index (χ2n) is 5.48. The molecule has 0 fully saturated rings. The van der Waals surface area contributed by atoms with Gasteiger partial charge in [0.15, 0.2) is 6.10 Å². The molecule has 0 aliphatic rings. The zero-order chi connectivity index (χ0) is 15.1. The van der Waals surface area contributed by atoms with Crippen LogP contribution in [0.2, 0.25) is 0 Å². The molecule has 0 saturated carbocycles. The first-order chi connectivity index (χ1) is 8.64. The van der Waals surface area contributed by atoms with Crippen LogP contribution in [0.3, 0.4) is 0 Å². The molecular formula is C13H24NO5+. The highest BCUT2D eigenvalue weighted by atomic mass is 16.5. The summed E-state index contributed by atoms with van der Waals surface area (Å²) in [7, 11) is 5.66. The summed E-state index contributed by atoms with van der Waals surface area (Å²) in [6.45, 7) is 2.14. The minimum Gasteiger partial charge on any atom is -0.481 e. The predicted molar refractivity (Wildman–Crippen MR) is 70.5 cm³/mol. The molecule has 0 heterocycles. The molecule has 0 aliphatic carbocycles. The monoisotopic (exact) mass is 274 g/mol. The fraction of sp³-hybridized carbons (Fsp3) is 0.692. The van der Waals surface area contributed by atoms with Crippen molar-refractivity contribution < 1.29 is 29.0 Å². The number of esters is 1. The number of aliphatic hydroxyl groups is 1. The molecule has 19 heavy (non-hydrogen) atoms. The first-order valence-electron chi connectivity index (χ1n) is 6.16. The van der Waals surface area contributed by atoms with Gasteiger partial charge in [-0.3, -0.25) is 9.59 Å². The highest BCUT2D eigenvalue weighted by Crippen LogP contribution is 2.08. The number of hydrogen-bond donors (Lipinski definition) is 2. The molecule has 6 heteroatoms. The summed E-state index contributed by atoms with van der Waals surface area (Å²) in [6.07, 6.45) is 1.12. The third-order valence-corrected chi connectivity index (χ3v) is 2.24. The van der Waals surface area contributed by atoms with Gasteiger partial charge in [0.2, 0.25) is 0 Å². The number of carboxylic acids is 1. The summed E-state index contributed by atoms with van der Waals surface area (Å²) >= 11 is 0. The van der Waals surface area contributed by atoms with Gasteiger partial charge in [0.25, 0.3) is 0 Å². The Morgan fingerprint density at radius 3 is 2.26 bits per heavy atom. The van der Waals surface area contributed by atoms with Gasteiger partial charge in [-0.2, -0.15) is 0 Å². The van der Waals surface area contributed by atoms with E-state index in [-0.39, 0.29) is 12.8 Å². The molecule has 0 aliphatic heterocycles. The highest BCUT2D eigenvalue weighted by Gasteiger charge is 2.25. The Morgan fingerprint density at radius 1 is 1.26 bits per heavy atom. The van der Waals surface area contributed by atoms with Crippen molar-refractivity contribution in [2.24, 2.45) is 0 Å². The quantitative estimate of drug-likeness (QED) is 0.380. The van der Waals surface area contributed by atoms with Gasteiger partial charge in [0, 0.05) is 0 Å². The predicted octanol–water partition coefficient (Wildman–Crippen LogP) is 0.406. The lowest BCUT2D eigenvalue weighted by Gasteiger charge is -2.28. The minimum absolute atomic E-state index is 0.169. The fourth-order valence-corrected chi connectivity index (χ4v) is 1.64. The van der Waals surface area contributed by atoms with E-state index in [2.05, 4.69) is 0 Å². The number of carboxylic acid groups (broad SMARTS) is 1. The van der Waals surface area contributed by atoms with Crippen molar-refractivity contribution in [3.63, 3.8) is 0 Å². The van der Waals surface area contributed by atoms with Gasteiger partial charge >= 0.3 is 11.9 Å². The molecule has 6 nitrogen and oxygen atoms in total. The number of aliphatic hydroxyl groups excluding tert-OH is 1. The van der Waals surface area contributed by atoms with Crippen LogP contribution in [-0.2, 0) is 14.3 Å². The molecule has 2 N–H and O–H groups in total. The summed E-state index contributed by atoms with van der Waals surface area (Å²) in [5.41, 5.74) is 0. The molecule has 0 radical (unpaired) electrons. The summed E-state index contributed by atoms with van der Waals surface area (Å²) in [6, 6.07) is 0. The Kier molecular flexibility index (Phi) is 7.33. The molecule has 0 amide bonds. The highest BCUT2D eigenvalue weighted by molar-refractivity contribution is 5.72. The van der Waals surface area contributed by atoms with Crippen LogP contribution < -0.4 is 0 Å². The fourth-order valence-electron chi connectivity index (χ4n) is 1.64. The van der Waals surface area contributed by atoms with E-state index in [9.17, 15) is 14.7 Å². The van der Waals surface area contributed by atoms with Gasteiger partial charge in [-0.15, -0.1) is 0 Å². The summed E-state index contributed by atoms with van der Waals surface area (Å²) in [5, 5.41) is 18.2. The van der Waals surface area contributed by atoms with Gasteiger partial charge in [-0.05, 0) is 6.92 Å². The van der Waals surface area contributed by atoms with Crippen LogP contribution in [0.1, 0.15) is 19.8 Å². The second-order valence-corrected chi connectivity index (χ2v) is 5.48. The normalized spacial score (nSPS) is 15.2. The molecule has 0 saturated heterocycles. The molecule has 2 atom stereocenters. The molecular weight excluding hydrogens is 250 g/mol. The van der Waals surface area contributed by atoms with Crippen LogP contribution in [0.5, 0.6) is 0 Å². The number of hydrogen-bond acceptors (Lipinski definition) is 4. The van der Waals surface area contributed by atoms with Gasteiger partial charge < -0.3 is 19.4 Å². The lowest BCUT2D eigenvalue weighted by Crippen LogP contribution is -2.44. The molecule has 0 spiro atoms. The van der Waals surface area contributed by atoms with Crippen molar-refractivity contribution in [1.29, 1.82) is 0 Å². The second kappa shape index (κ2) is 7.91. The molecule has 0 bridgehead atoms. The summed E-state index contributed by atoms with van der Waals surface area (Å²) in [4.78, 5) is 22.3. The van der Waals surface area contributed by atoms with E-state index in [1.165, 1.54) is 6.08 Å². The number of rotatable bonds is 8. The number of likely N-dealkylation sites (N-methyl/N-ethyl adjacent to an activating group) is 1. The van der Waals surface area contributed by atoms with Crippen molar-refractivity contribution >= 4 is 11.9 Å². The lowest BCUT2D eigenvalue weighted by atomic mass is 10.2. The Morgan fingerprint density at radius 2 is 1.84 bits per heavy atom. The number of carbonyl (C=O) groups excluding carboxylic acids is 1. The number of ether oxygens (including phenoxy) is 1. The summed E-state index contributed by atoms with van der Waals surface area (Å²) < 4.78 is 5.61. The average Bonchev–Trinajstić information content (AvgIpc) is 2.12. The molecule has 0 aromatic heterocycles. The average molecular weight is 274 g/mol. The SMILES string of the molecule is C/C=C/C(O)CC(=O)OC(CC(=O)O)C[N+](C)(C)C. The van der Waals surface area contributed by atoms with Crippen molar-refractivity contribution in [3.8, 4) is 0 Å². The third kappa shape index (κ3) is 10.2. The van der Waals surface area contributed by atoms with Crippen LogP contribution in [0.4, 0.5) is 0 Å². The van der Waals surface area contributed by atoms with Crippen molar-refractivity contribution in [2.75, 3.05) is 27.7 Å². The maximum absolute atomic E-state index is 11.6. The van der Waals surface area contributed by atoms with E-state index in [1.54, 1.807) is 13.0 Å². The first kappa shape index (κ1) is 17.6. The van der Waals surface area contributed by atoms with E-state index in [4.69, 9.17) is 9.84 Å². The Labute approximate surface area is 113 Å². The zero-order valence-corrected chi connectivity index (χ0v) is 12.0. The van der Waals surface area contributed by atoms with Gasteiger partial charge in [0.1, 0.15) is 6.54 Å². The van der Waals surface area contributed by atoms with E-state index < -0.39 is 24.1 Å². The Bertz CT molecular complexity index is 332. The first-order valence-corrected chi connectivity index (χ1v) is 6.16. The number of allylic oxidation sites excluding steroid dienone is 1. The van der Waals surface area contributed by atoms with Crippen LogP contribution in [-0.4, -0.2) is 66.5 Å². The van der Waals surface area contributed by atoms with Crippen LogP contribution >= 0.6 is 0 Å². The lowest BCUT2D eigenvalue weighted by molar-refractivity contribution is -0.873. The largest absolute Gasteiger partial charge is 0.481 e. The van der Waals surface area contributed by atoms with Crippen molar-refractivity contribution in [2.45, 2.75) is 32.0 Å². The van der Waals surface area contributed by atoms with E-state index in [1.807, 2.05) is 21.1 Å². The molecule has 2 unspecified atom stereocenters. The van der Waals surface area contributed by atoms with Gasteiger partial charge in [-0.25, -0.2) is 0 Å². The standard InChI is InChI=1S/C13H23NO5/c1-5-6-10(15)7-13(18)19-11(8-12(16)17)9-14(2,3)4/h5-6,10-11,15H,7-9H2,1-4H3/p+1/b6-5+. The summed E-state index contributed by atoms with van der Waals surface area (Å²) in [5.74, 6) is -1.61. The third-order valence-electron chi connectivity index (χ3n) is 2.24. The van der Waals surface area contributed by atoms with Gasteiger partial charge in [0.05, 0.1) is 40.1 Å². The van der Waals surface area contributed by atoms with E-state index in [0.29, 0.717) is 11.0 Å². The molecule has 0 aromatic carbocycles. The topological polar surface area (TPSA) is 83.8 Å². The maximum atomic E-state index is 11.6. The maximum Gasteiger partial charge on any atom is 0.309 e. The molecule has 0 rings (SSSR count). The minimum atomic E-state index is -1.01. The number of nitrogens with zero attached hydrogens (tertiary/aromatic N) is 1. The smallest absolute Gasteiger partial charge is 0.309 e. The van der Waals surface area contributed by atoms with Crippen LogP contribution in [0.15, 0.2) is 12.2 Å². The van der Waals surface area contributed by atoms with Crippen molar-refractivity contribution in [3.05, 3.63) is 12.2 Å². The number of quaternary nitrogens is 1. The Balaban J connectivity index is 4.46. The molecule has 110 valence electrons. The number of carbonyl (C=O) groups is 2. The van der Waals surface area contributed by atoms with Crippen LogP contribution in [0, 0.1) is 0 Å². The molecule has 0 aromatic rings. The Hall–Kier alpha value is -1.40. The number of aliphatic carboxylic acids is 1.